The molecule has 0 spiro atoms. The van der Waals surface area contributed by atoms with Crippen LogP contribution in [-0.2, 0) is 6.42 Å². The van der Waals surface area contributed by atoms with Crippen molar-refractivity contribution in [3.05, 3.63) is 35.0 Å². The predicted molar refractivity (Wildman–Crippen MR) is 149 cm³/mol. The summed E-state index contributed by atoms with van der Waals surface area (Å²) in [6.07, 6.45) is 8.89. The van der Waals surface area contributed by atoms with Crippen LogP contribution in [0, 0.1) is 19.9 Å². The van der Waals surface area contributed by atoms with E-state index in [1.165, 1.54) is 25.7 Å². The largest absolute Gasteiger partial charge is 0.397 e. The van der Waals surface area contributed by atoms with Gasteiger partial charge in [-0.25, -0.2) is 0 Å². The van der Waals surface area contributed by atoms with Crippen LogP contribution in [0.15, 0.2) is 9.59 Å². The maximum absolute atomic E-state index is 11.5. The van der Waals surface area contributed by atoms with Crippen molar-refractivity contribution in [2.24, 2.45) is 10.8 Å². The van der Waals surface area contributed by atoms with Gasteiger partial charge in [-0.2, -0.15) is 0 Å². The molecule has 186 valence electrons. The molecule has 0 heterocycles. The molecule has 33 heavy (non-hydrogen) atoms. The second kappa shape index (κ2) is 12.2. The molecule has 0 unspecified atom stereocenters. The molecule has 2 aromatic rings. The van der Waals surface area contributed by atoms with E-state index in [-0.39, 0.29) is 10.9 Å². The highest BCUT2D eigenvalue weighted by Crippen LogP contribution is 2.25. The highest BCUT2D eigenvalue weighted by atomic mass is 32.1. The van der Waals surface area contributed by atoms with E-state index in [0.717, 1.165) is 37.8 Å². The van der Waals surface area contributed by atoms with E-state index in [9.17, 15) is 9.59 Å². The smallest absolute Gasteiger partial charge is 0.224 e. The molecule has 0 saturated heterocycles. The van der Waals surface area contributed by atoms with E-state index in [1.54, 1.807) is 0 Å². The molecule has 2 aromatic carbocycles. The van der Waals surface area contributed by atoms with Gasteiger partial charge in [0.2, 0.25) is 10.9 Å². The molecule has 4 N–H and O–H groups in total. The third-order valence-electron chi connectivity index (χ3n) is 5.88. The number of anilines is 3. The minimum absolute atomic E-state index is 0.00308. The van der Waals surface area contributed by atoms with Crippen LogP contribution in [0.3, 0.4) is 0 Å². The number of hydrogen-bond donors (Lipinski definition) is 2. The molecular weight excluding hydrogens is 450 g/mol. The summed E-state index contributed by atoms with van der Waals surface area (Å²) in [5.41, 5.74) is 14.5. The summed E-state index contributed by atoms with van der Waals surface area (Å²) in [5.74, 6) is 0. The Morgan fingerprint density at radius 3 is 1.67 bits per heavy atom. The van der Waals surface area contributed by atoms with Crippen molar-refractivity contribution in [3.63, 3.8) is 0 Å². The molecule has 0 bridgehead atoms. The first-order valence-corrected chi connectivity index (χ1v) is 12.8. The Labute approximate surface area is 210 Å². The molecule has 0 saturated carbocycles. The lowest BCUT2D eigenvalue weighted by Gasteiger charge is -2.23. The van der Waals surface area contributed by atoms with Crippen molar-refractivity contribution in [1.29, 1.82) is 0 Å². The summed E-state index contributed by atoms with van der Waals surface area (Å²) in [7, 11) is 1.90. The fraction of sp³-hybridized carbons (Fsp3) is 0.692. The Kier molecular flexibility index (Phi) is 10.9. The zero-order valence-corrected chi connectivity index (χ0v) is 23.2. The van der Waals surface area contributed by atoms with Crippen LogP contribution in [0.25, 0.3) is 0 Å². The Hall–Kier alpha value is -1.60. The number of nitrogen functional groups attached to an aromatic ring is 2. The van der Waals surface area contributed by atoms with Crippen LogP contribution in [0.1, 0.15) is 92.1 Å². The molecule has 0 aliphatic heterocycles. The molecule has 0 atom stereocenters. The number of unbranched alkanes of at least 4 members (excludes halogenated alkanes) is 3. The highest BCUT2D eigenvalue weighted by Gasteiger charge is 2.18. The van der Waals surface area contributed by atoms with E-state index in [1.807, 2.05) is 11.9 Å². The van der Waals surface area contributed by atoms with Gasteiger partial charge in [0.1, 0.15) is 14.7 Å². The van der Waals surface area contributed by atoms with Gasteiger partial charge >= 0.3 is 0 Å². The van der Waals surface area contributed by atoms with Gasteiger partial charge in [-0.05, 0) is 42.9 Å². The molecule has 0 aliphatic rings. The number of nitrogens with zero attached hydrogens (tertiary/aromatic N) is 1. The van der Waals surface area contributed by atoms with Gasteiger partial charge in [0, 0.05) is 19.2 Å². The summed E-state index contributed by atoms with van der Waals surface area (Å²) >= 11 is 9.67. The lowest BCUT2D eigenvalue weighted by Crippen LogP contribution is -2.30. The Balaban J connectivity index is 0.000000331. The summed E-state index contributed by atoms with van der Waals surface area (Å²) in [6.45, 7) is 14.3. The van der Waals surface area contributed by atoms with E-state index in [2.05, 4.69) is 41.5 Å². The second-order valence-electron chi connectivity index (χ2n) is 11.5. The molecule has 0 fully saturated rings. The first-order valence-electron chi connectivity index (χ1n) is 11.9. The quantitative estimate of drug-likeness (QED) is 0.298. The van der Waals surface area contributed by atoms with Gasteiger partial charge in [0.15, 0.2) is 0 Å². The monoisotopic (exact) mass is 493 g/mol. The maximum Gasteiger partial charge on any atom is 0.224 e. The van der Waals surface area contributed by atoms with Gasteiger partial charge in [0.05, 0.1) is 11.4 Å². The summed E-state index contributed by atoms with van der Waals surface area (Å²) < 4.78 is 0.631. The lowest BCUT2D eigenvalue weighted by atomic mass is 9.89. The first-order chi connectivity index (χ1) is 15.1. The van der Waals surface area contributed by atoms with Gasteiger partial charge in [-0.15, -0.1) is 0 Å². The number of rotatable bonds is 10. The normalized spacial score (nSPS) is 12.1. The Morgan fingerprint density at radius 1 is 0.727 bits per heavy atom. The minimum atomic E-state index is -0.0733. The third kappa shape index (κ3) is 9.28. The molecule has 2 rings (SSSR count). The topological polar surface area (TPSA) is 89.4 Å². The SMILES string of the molecule is CC(C)(C)CCCCCc1c(N)c(=S)c1=O.CN(CCCCC(C)(C)C)c1c(N)c(=S)c1=O. The van der Waals surface area contributed by atoms with Crippen molar-refractivity contribution in [2.75, 3.05) is 30.0 Å². The van der Waals surface area contributed by atoms with E-state index < -0.39 is 0 Å². The van der Waals surface area contributed by atoms with E-state index in [4.69, 9.17) is 35.9 Å². The van der Waals surface area contributed by atoms with Crippen LogP contribution in [-0.4, -0.2) is 13.6 Å². The maximum atomic E-state index is 11.5. The van der Waals surface area contributed by atoms with Crippen molar-refractivity contribution >= 4 is 41.5 Å². The van der Waals surface area contributed by atoms with Crippen LogP contribution in [0.5, 0.6) is 0 Å². The first kappa shape index (κ1) is 29.4. The van der Waals surface area contributed by atoms with Crippen LogP contribution < -0.4 is 27.2 Å². The van der Waals surface area contributed by atoms with Crippen molar-refractivity contribution in [2.45, 2.75) is 92.9 Å². The number of hydrogen-bond acceptors (Lipinski definition) is 7. The summed E-state index contributed by atoms with van der Waals surface area (Å²) in [6, 6.07) is 0. The second-order valence-corrected chi connectivity index (χ2v) is 12.3. The average Bonchev–Trinajstić information content (AvgIpc) is 2.71. The molecule has 5 nitrogen and oxygen atoms in total. The fourth-order valence-corrected chi connectivity index (χ4v) is 4.17. The van der Waals surface area contributed by atoms with Gasteiger partial charge in [0.25, 0.3) is 0 Å². The van der Waals surface area contributed by atoms with Crippen molar-refractivity contribution < 1.29 is 0 Å². The zero-order valence-electron chi connectivity index (χ0n) is 21.6. The van der Waals surface area contributed by atoms with Crippen LogP contribution in [0.4, 0.5) is 17.1 Å². The minimum Gasteiger partial charge on any atom is -0.397 e. The standard InChI is InChI=1S/C13H22N2OS.C13H21NOS/c1-13(2,3)7-5-6-8-15(4)10-9(14)12(17)11(10)16;1-13(2,3)8-6-4-5-7-9-10(14)12(16)11(9)15/h5-8,14H2,1-4H3;4-8,14H2,1-3H3. The molecule has 0 amide bonds. The van der Waals surface area contributed by atoms with Crippen LogP contribution >= 0.6 is 24.4 Å². The third-order valence-corrected chi connectivity index (χ3v) is 6.69. The van der Waals surface area contributed by atoms with Gasteiger partial charge in [-0.3, -0.25) is 9.59 Å². The van der Waals surface area contributed by atoms with E-state index >= 15 is 0 Å². The fourth-order valence-electron chi connectivity index (χ4n) is 3.73. The average molecular weight is 494 g/mol. The predicted octanol–water partition coefficient (Wildman–Crippen LogP) is 6.27. The zero-order chi connectivity index (χ0) is 25.6. The Morgan fingerprint density at radius 2 is 1.21 bits per heavy atom. The van der Waals surface area contributed by atoms with Crippen LogP contribution in [0.2, 0.25) is 0 Å². The summed E-state index contributed by atoms with van der Waals surface area (Å²) in [4.78, 5) is 24.7. The van der Waals surface area contributed by atoms with Crippen molar-refractivity contribution in [3.8, 4) is 0 Å². The molecule has 0 radical (unpaired) electrons. The van der Waals surface area contributed by atoms with Gasteiger partial charge < -0.3 is 16.4 Å². The molecule has 0 aliphatic carbocycles. The van der Waals surface area contributed by atoms with Crippen molar-refractivity contribution in [1.82, 2.24) is 0 Å². The Bertz CT molecular complexity index is 1040. The number of nitrogens with two attached hydrogens (primary N) is 2. The molecule has 7 heteroatoms. The highest BCUT2D eigenvalue weighted by molar-refractivity contribution is 7.72. The molecule has 0 aromatic heterocycles. The lowest BCUT2D eigenvalue weighted by molar-refractivity contribution is 0.358. The molecular formula is C26H43N3O2S2. The van der Waals surface area contributed by atoms with Gasteiger partial charge in [-0.1, -0.05) is 85.2 Å². The summed E-state index contributed by atoms with van der Waals surface area (Å²) in [5, 5.41) is 0. The van der Waals surface area contributed by atoms with E-state index in [0.29, 0.717) is 36.9 Å².